The first-order valence-electron chi connectivity index (χ1n) is 4.56. The number of carbonyl (C=O) groups is 1. The van der Waals surface area contributed by atoms with Gasteiger partial charge in [0.05, 0.1) is 18.2 Å². The molecule has 1 unspecified atom stereocenters. The van der Waals surface area contributed by atoms with E-state index in [1.54, 1.807) is 0 Å². The second kappa shape index (κ2) is 4.10. The maximum Gasteiger partial charge on any atom is 0.305 e. The van der Waals surface area contributed by atoms with Crippen LogP contribution in [0, 0.1) is 0 Å². The van der Waals surface area contributed by atoms with Crippen molar-refractivity contribution in [1.82, 2.24) is 0 Å². The van der Waals surface area contributed by atoms with Crippen molar-refractivity contribution in [1.29, 1.82) is 0 Å². The van der Waals surface area contributed by atoms with Gasteiger partial charge in [0.1, 0.15) is 12.4 Å². The molecule has 1 aliphatic heterocycles. The Kier molecular flexibility index (Phi) is 2.81. The van der Waals surface area contributed by atoms with E-state index in [4.69, 9.17) is 9.84 Å². The molecule has 0 fully saturated rings. The Bertz CT molecular complexity index is 394. The molecule has 2 rings (SSSR count). The molecule has 0 aliphatic carbocycles. The lowest BCUT2D eigenvalue weighted by Crippen LogP contribution is -2.33. The minimum Gasteiger partial charge on any atom is -0.489 e. The highest BCUT2D eigenvalue weighted by Gasteiger charge is 2.20. The molecule has 0 saturated carbocycles. The first-order chi connectivity index (χ1) is 7.15. The van der Waals surface area contributed by atoms with E-state index in [0.717, 1.165) is 15.9 Å². The van der Waals surface area contributed by atoms with Crippen molar-refractivity contribution in [2.45, 2.75) is 12.5 Å². The molecular weight excluding hydrogens is 262 g/mol. The Hall–Kier alpha value is -1.23. The zero-order valence-electron chi connectivity index (χ0n) is 7.87. The van der Waals surface area contributed by atoms with Crippen LogP contribution in [0.3, 0.4) is 0 Å². The van der Waals surface area contributed by atoms with Crippen LogP contribution in [-0.2, 0) is 4.79 Å². The molecule has 15 heavy (non-hydrogen) atoms. The van der Waals surface area contributed by atoms with Crippen LogP contribution in [0.4, 0.5) is 5.69 Å². The fraction of sp³-hybridized carbons (Fsp3) is 0.300. The standard InChI is InChI=1S/C10H10BrNO3/c11-6-1-2-8-9(3-6)15-5-7(12-8)4-10(13)14/h1-3,7,12H,4-5H2,(H,13,14). The summed E-state index contributed by atoms with van der Waals surface area (Å²) < 4.78 is 6.41. The minimum absolute atomic E-state index is 0.0650. The van der Waals surface area contributed by atoms with Gasteiger partial charge in [-0.3, -0.25) is 4.79 Å². The number of carboxylic acids is 1. The predicted molar refractivity (Wildman–Crippen MR) is 59.3 cm³/mol. The van der Waals surface area contributed by atoms with Crippen LogP contribution < -0.4 is 10.1 Å². The molecule has 0 amide bonds. The molecule has 1 aromatic rings. The summed E-state index contributed by atoms with van der Waals surface area (Å²) in [5.41, 5.74) is 0.843. The zero-order valence-corrected chi connectivity index (χ0v) is 9.45. The van der Waals surface area contributed by atoms with Crippen LogP contribution in [0.5, 0.6) is 5.75 Å². The number of nitrogens with one attached hydrogen (secondary N) is 1. The largest absolute Gasteiger partial charge is 0.489 e. The van der Waals surface area contributed by atoms with Gasteiger partial charge in [0.15, 0.2) is 0 Å². The van der Waals surface area contributed by atoms with Gasteiger partial charge in [-0.25, -0.2) is 0 Å². The third-order valence-corrected chi connectivity index (χ3v) is 2.66. The van der Waals surface area contributed by atoms with Crippen LogP contribution in [0.2, 0.25) is 0 Å². The van der Waals surface area contributed by atoms with Gasteiger partial charge in [0.25, 0.3) is 0 Å². The van der Waals surface area contributed by atoms with Crippen LogP contribution in [0.15, 0.2) is 22.7 Å². The maximum atomic E-state index is 10.5. The maximum absolute atomic E-state index is 10.5. The van der Waals surface area contributed by atoms with E-state index >= 15 is 0 Å². The molecule has 1 aliphatic rings. The van der Waals surface area contributed by atoms with E-state index in [-0.39, 0.29) is 12.5 Å². The fourth-order valence-electron chi connectivity index (χ4n) is 1.51. The fourth-order valence-corrected chi connectivity index (χ4v) is 1.85. The highest BCUT2D eigenvalue weighted by molar-refractivity contribution is 9.10. The van der Waals surface area contributed by atoms with Crippen molar-refractivity contribution in [3.8, 4) is 5.75 Å². The van der Waals surface area contributed by atoms with Crippen LogP contribution >= 0.6 is 15.9 Å². The van der Waals surface area contributed by atoms with Crippen molar-refractivity contribution in [3.63, 3.8) is 0 Å². The lowest BCUT2D eigenvalue weighted by Gasteiger charge is -2.26. The van der Waals surface area contributed by atoms with Crippen molar-refractivity contribution in [2.24, 2.45) is 0 Å². The first kappa shape index (κ1) is 10.3. The zero-order chi connectivity index (χ0) is 10.8. The molecule has 2 N–H and O–H groups in total. The van der Waals surface area contributed by atoms with Crippen molar-refractivity contribution in [3.05, 3.63) is 22.7 Å². The number of aliphatic carboxylic acids is 1. The molecule has 0 bridgehead atoms. The summed E-state index contributed by atoms with van der Waals surface area (Å²) in [6.07, 6.45) is 0.0650. The Balaban J connectivity index is 2.13. The van der Waals surface area contributed by atoms with E-state index < -0.39 is 5.97 Å². The summed E-state index contributed by atoms with van der Waals surface area (Å²) in [6, 6.07) is 5.46. The van der Waals surface area contributed by atoms with Gasteiger partial charge in [-0.15, -0.1) is 0 Å². The van der Waals surface area contributed by atoms with Crippen molar-refractivity contribution < 1.29 is 14.6 Å². The Morgan fingerprint density at radius 2 is 2.47 bits per heavy atom. The van der Waals surface area contributed by atoms with E-state index in [9.17, 15) is 4.79 Å². The number of hydrogen-bond acceptors (Lipinski definition) is 3. The number of ether oxygens (including phenoxy) is 1. The van der Waals surface area contributed by atoms with Gasteiger partial charge in [0, 0.05) is 4.47 Å². The number of carboxylic acid groups (broad SMARTS) is 1. The van der Waals surface area contributed by atoms with Crippen molar-refractivity contribution in [2.75, 3.05) is 11.9 Å². The van der Waals surface area contributed by atoms with Gasteiger partial charge in [-0.2, -0.15) is 0 Å². The third-order valence-electron chi connectivity index (χ3n) is 2.16. The normalized spacial score (nSPS) is 18.6. The summed E-state index contributed by atoms with van der Waals surface area (Å²) in [4.78, 5) is 10.5. The van der Waals surface area contributed by atoms with Crippen LogP contribution in [0.25, 0.3) is 0 Å². The predicted octanol–water partition coefficient (Wildman–Crippen LogP) is 2.10. The second-order valence-electron chi connectivity index (χ2n) is 3.39. The van der Waals surface area contributed by atoms with Crippen LogP contribution in [-0.4, -0.2) is 23.7 Å². The van der Waals surface area contributed by atoms with Gasteiger partial charge in [-0.05, 0) is 18.2 Å². The number of anilines is 1. The van der Waals surface area contributed by atoms with Crippen LogP contribution in [0.1, 0.15) is 6.42 Å². The summed E-state index contributed by atoms with van der Waals surface area (Å²) in [7, 11) is 0. The molecule has 1 heterocycles. The number of hydrogen-bond donors (Lipinski definition) is 2. The Morgan fingerprint density at radius 3 is 3.20 bits per heavy atom. The van der Waals surface area contributed by atoms with Gasteiger partial charge in [-0.1, -0.05) is 15.9 Å². The highest BCUT2D eigenvalue weighted by Crippen LogP contribution is 2.32. The monoisotopic (exact) mass is 271 g/mol. The Labute approximate surface area is 95.4 Å². The first-order valence-corrected chi connectivity index (χ1v) is 5.35. The van der Waals surface area contributed by atoms with Gasteiger partial charge < -0.3 is 15.2 Å². The molecule has 0 saturated heterocycles. The van der Waals surface area contributed by atoms with E-state index in [2.05, 4.69) is 21.2 Å². The second-order valence-corrected chi connectivity index (χ2v) is 4.31. The van der Waals surface area contributed by atoms with Gasteiger partial charge in [0.2, 0.25) is 0 Å². The molecule has 1 aromatic carbocycles. The number of halogens is 1. The SMILES string of the molecule is O=C(O)CC1COc2cc(Br)ccc2N1. The molecule has 0 spiro atoms. The minimum atomic E-state index is -0.823. The lowest BCUT2D eigenvalue weighted by atomic mass is 10.1. The molecule has 4 nitrogen and oxygen atoms in total. The quantitative estimate of drug-likeness (QED) is 0.865. The summed E-state index contributed by atoms with van der Waals surface area (Å²) in [5.74, 6) is -0.0670. The molecule has 0 radical (unpaired) electrons. The van der Waals surface area contributed by atoms with Gasteiger partial charge >= 0.3 is 5.97 Å². The number of fused-ring (bicyclic) bond motifs is 1. The summed E-state index contributed by atoms with van der Waals surface area (Å²) >= 11 is 3.34. The molecule has 1 atom stereocenters. The topological polar surface area (TPSA) is 58.6 Å². The molecule has 0 aromatic heterocycles. The molecular formula is C10H10BrNO3. The summed E-state index contributed by atoms with van der Waals surface area (Å²) in [5, 5.41) is 11.8. The van der Waals surface area contributed by atoms with E-state index in [1.807, 2.05) is 18.2 Å². The van der Waals surface area contributed by atoms with E-state index in [1.165, 1.54) is 0 Å². The Morgan fingerprint density at radius 1 is 1.67 bits per heavy atom. The summed E-state index contributed by atoms with van der Waals surface area (Å²) in [6.45, 7) is 0.385. The lowest BCUT2D eigenvalue weighted by molar-refractivity contribution is -0.137. The van der Waals surface area contributed by atoms with Crippen molar-refractivity contribution >= 4 is 27.6 Å². The highest BCUT2D eigenvalue weighted by atomic mass is 79.9. The average Bonchev–Trinajstić information content (AvgIpc) is 2.17. The molecule has 80 valence electrons. The molecule has 5 heteroatoms. The third kappa shape index (κ3) is 2.41. The average molecular weight is 272 g/mol. The van der Waals surface area contributed by atoms with E-state index in [0.29, 0.717) is 6.61 Å². The number of benzene rings is 1. The number of rotatable bonds is 2. The smallest absolute Gasteiger partial charge is 0.305 e.